The molecule has 0 fully saturated rings. The zero-order valence-corrected chi connectivity index (χ0v) is 17.4. The van der Waals surface area contributed by atoms with E-state index >= 15 is 0 Å². The fraction of sp³-hybridized carbons (Fsp3) is 0.208. The van der Waals surface area contributed by atoms with Crippen LogP contribution < -0.4 is 5.32 Å². The summed E-state index contributed by atoms with van der Waals surface area (Å²) in [5, 5.41) is 43.7. The van der Waals surface area contributed by atoms with Gasteiger partial charge in [0.2, 0.25) is 0 Å². The number of benzene rings is 3. The predicted molar refractivity (Wildman–Crippen MR) is 119 cm³/mol. The first-order chi connectivity index (χ1) is 15.9. The maximum atomic E-state index is 12.2. The second-order valence-electron chi connectivity index (χ2n) is 7.72. The van der Waals surface area contributed by atoms with Gasteiger partial charge in [0, 0.05) is 30.2 Å². The molecule has 33 heavy (non-hydrogen) atoms. The quantitative estimate of drug-likeness (QED) is 0.320. The van der Waals surface area contributed by atoms with Crippen LogP contribution in [-0.4, -0.2) is 45.6 Å². The molecule has 0 aliphatic heterocycles. The lowest BCUT2D eigenvalue weighted by molar-refractivity contribution is -0.385. The number of nitrogens with one attached hydrogen (secondary N) is 1. The molecule has 9 nitrogen and oxygen atoms in total. The van der Waals surface area contributed by atoms with Gasteiger partial charge in [-0.3, -0.25) is 10.1 Å². The SMILES string of the molecule is O=C(NCC(O)C(O)c1cc([N+](=O)[O-])ccc1O)OCC1c2ccccc2-c2ccccc21. The number of aliphatic hydroxyl groups is 2. The van der Waals surface area contributed by atoms with Crippen molar-refractivity contribution in [3.63, 3.8) is 0 Å². The highest BCUT2D eigenvalue weighted by Crippen LogP contribution is 2.44. The van der Waals surface area contributed by atoms with Crippen molar-refractivity contribution in [2.75, 3.05) is 13.2 Å². The average Bonchev–Trinajstić information content (AvgIpc) is 3.14. The Morgan fingerprint density at radius 1 is 1.03 bits per heavy atom. The minimum atomic E-state index is -1.65. The lowest BCUT2D eigenvalue weighted by Crippen LogP contribution is -2.36. The highest BCUT2D eigenvalue weighted by Gasteiger charge is 2.29. The fourth-order valence-corrected chi connectivity index (χ4v) is 4.05. The molecule has 0 bridgehead atoms. The van der Waals surface area contributed by atoms with E-state index in [0.29, 0.717) is 0 Å². The van der Waals surface area contributed by atoms with E-state index in [1.807, 2.05) is 48.5 Å². The molecule has 0 aromatic heterocycles. The lowest BCUT2D eigenvalue weighted by atomic mass is 9.98. The van der Waals surface area contributed by atoms with Crippen molar-refractivity contribution in [2.45, 2.75) is 18.1 Å². The lowest BCUT2D eigenvalue weighted by Gasteiger charge is -2.20. The van der Waals surface area contributed by atoms with Crippen LogP contribution in [0.3, 0.4) is 0 Å². The van der Waals surface area contributed by atoms with Crippen molar-refractivity contribution in [3.8, 4) is 16.9 Å². The molecule has 1 aliphatic rings. The van der Waals surface area contributed by atoms with E-state index in [0.717, 1.165) is 40.5 Å². The number of non-ortho nitro benzene ring substituents is 1. The summed E-state index contributed by atoms with van der Waals surface area (Å²) < 4.78 is 5.37. The number of aromatic hydroxyl groups is 1. The smallest absolute Gasteiger partial charge is 0.407 e. The van der Waals surface area contributed by atoms with Crippen LogP contribution in [0.25, 0.3) is 11.1 Å². The first-order valence-corrected chi connectivity index (χ1v) is 10.3. The van der Waals surface area contributed by atoms with E-state index in [-0.39, 0.29) is 30.3 Å². The number of carbonyl (C=O) groups is 1. The topological polar surface area (TPSA) is 142 Å². The van der Waals surface area contributed by atoms with Gasteiger partial charge < -0.3 is 25.4 Å². The van der Waals surface area contributed by atoms with Crippen LogP contribution >= 0.6 is 0 Å². The van der Waals surface area contributed by atoms with Crippen molar-refractivity contribution in [1.82, 2.24) is 5.32 Å². The summed E-state index contributed by atoms with van der Waals surface area (Å²) in [6.45, 7) is -0.301. The van der Waals surface area contributed by atoms with Crippen molar-refractivity contribution >= 4 is 11.8 Å². The molecule has 3 aromatic carbocycles. The average molecular weight is 450 g/mol. The molecule has 2 unspecified atom stereocenters. The van der Waals surface area contributed by atoms with Gasteiger partial charge in [-0.25, -0.2) is 4.79 Å². The molecule has 2 atom stereocenters. The van der Waals surface area contributed by atoms with Gasteiger partial charge in [0.15, 0.2) is 0 Å². The molecule has 9 heteroatoms. The maximum absolute atomic E-state index is 12.2. The summed E-state index contributed by atoms with van der Waals surface area (Å²) >= 11 is 0. The van der Waals surface area contributed by atoms with E-state index in [1.54, 1.807) is 0 Å². The van der Waals surface area contributed by atoms with Crippen LogP contribution in [0.1, 0.15) is 28.7 Å². The Morgan fingerprint density at radius 2 is 1.64 bits per heavy atom. The number of ether oxygens (including phenoxy) is 1. The highest BCUT2D eigenvalue weighted by molar-refractivity contribution is 5.79. The van der Waals surface area contributed by atoms with Gasteiger partial charge in [-0.1, -0.05) is 48.5 Å². The van der Waals surface area contributed by atoms with Gasteiger partial charge in [-0.2, -0.15) is 0 Å². The zero-order chi connectivity index (χ0) is 23.5. The first-order valence-electron chi connectivity index (χ1n) is 10.3. The van der Waals surface area contributed by atoms with Crippen molar-refractivity contribution in [1.29, 1.82) is 0 Å². The number of nitrogens with zero attached hydrogens (tertiary/aromatic N) is 1. The van der Waals surface area contributed by atoms with Crippen LogP contribution in [0.15, 0.2) is 66.7 Å². The molecule has 1 aliphatic carbocycles. The third kappa shape index (κ3) is 4.50. The number of nitro groups is 1. The monoisotopic (exact) mass is 450 g/mol. The van der Waals surface area contributed by atoms with Crippen molar-refractivity contribution in [2.24, 2.45) is 0 Å². The van der Waals surface area contributed by atoms with Gasteiger partial charge in [0.25, 0.3) is 5.69 Å². The molecule has 4 N–H and O–H groups in total. The molecule has 0 spiro atoms. The Kier molecular flexibility index (Phi) is 6.25. The Bertz CT molecular complexity index is 1150. The van der Waals surface area contributed by atoms with Crippen LogP contribution in [-0.2, 0) is 4.74 Å². The number of phenolic OH excluding ortho intramolecular Hbond substituents is 1. The number of aliphatic hydroxyl groups excluding tert-OH is 2. The summed E-state index contributed by atoms with van der Waals surface area (Å²) in [7, 11) is 0. The minimum absolute atomic E-state index is 0.0875. The fourth-order valence-electron chi connectivity index (χ4n) is 4.05. The van der Waals surface area contributed by atoms with Crippen molar-refractivity contribution in [3.05, 3.63) is 93.5 Å². The Hall–Kier alpha value is -3.95. The maximum Gasteiger partial charge on any atom is 0.407 e. The summed E-state index contributed by atoms with van der Waals surface area (Å²) in [4.78, 5) is 22.5. The minimum Gasteiger partial charge on any atom is -0.508 e. The van der Waals surface area contributed by atoms with E-state index in [2.05, 4.69) is 5.32 Å². The number of hydrogen-bond acceptors (Lipinski definition) is 7. The van der Waals surface area contributed by atoms with E-state index < -0.39 is 29.0 Å². The molecule has 1 amide bonds. The second-order valence-corrected chi connectivity index (χ2v) is 7.72. The molecule has 0 saturated heterocycles. The third-order valence-corrected chi connectivity index (χ3v) is 5.70. The third-order valence-electron chi connectivity index (χ3n) is 5.70. The van der Waals surface area contributed by atoms with Crippen LogP contribution in [0, 0.1) is 10.1 Å². The van der Waals surface area contributed by atoms with Crippen LogP contribution in [0.4, 0.5) is 10.5 Å². The Morgan fingerprint density at radius 3 is 2.24 bits per heavy atom. The number of hydrogen-bond donors (Lipinski definition) is 4. The van der Waals surface area contributed by atoms with E-state index in [4.69, 9.17) is 4.74 Å². The summed E-state index contributed by atoms with van der Waals surface area (Å²) in [5.41, 5.74) is 3.74. The number of nitro benzene ring substituents is 1. The number of phenols is 1. The standard InChI is InChI=1S/C24H22N2O7/c27-21-10-9-14(26(31)32)11-19(21)23(29)22(28)12-25-24(30)33-13-20-17-7-3-1-5-15(17)16-6-2-4-8-18(16)20/h1-11,20,22-23,27-29H,12-13H2,(H,25,30). The van der Waals surface area contributed by atoms with Gasteiger partial charge in [-0.05, 0) is 28.3 Å². The first kappa shape index (κ1) is 22.3. The van der Waals surface area contributed by atoms with E-state index in [9.17, 15) is 30.2 Å². The largest absolute Gasteiger partial charge is 0.508 e. The molecular formula is C24H22N2O7. The number of alkyl carbamates (subject to hydrolysis) is 1. The summed E-state index contributed by atoms with van der Waals surface area (Å²) in [5.74, 6) is -0.534. The molecule has 4 rings (SSSR count). The van der Waals surface area contributed by atoms with Crippen LogP contribution in [0.5, 0.6) is 5.75 Å². The molecule has 0 radical (unpaired) electrons. The van der Waals surface area contributed by atoms with Gasteiger partial charge >= 0.3 is 6.09 Å². The van der Waals surface area contributed by atoms with Gasteiger partial charge in [0.05, 0.1) is 4.92 Å². The number of amides is 1. The number of rotatable bonds is 7. The van der Waals surface area contributed by atoms with Crippen LogP contribution in [0.2, 0.25) is 0 Å². The molecule has 3 aromatic rings. The predicted octanol–water partition coefficient (Wildman–Crippen LogP) is 3.23. The zero-order valence-electron chi connectivity index (χ0n) is 17.4. The Balaban J connectivity index is 1.36. The second kappa shape index (κ2) is 9.27. The number of carbonyl (C=O) groups excluding carboxylic acids is 1. The normalized spacial score (nSPS) is 14.1. The highest BCUT2D eigenvalue weighted by atomic mass is 16.6. The molecule has 0 saturated carbocycles. The molecular weight excluding hydrogens is 428 g/mol. The summed E-state index contributed by atoms with van der Waals surface area (Å²) in [6, 6.07) is 18.9. The van der Waals surface area contributed by atoms with Gasteiger partial charge in [0.1, 0.15) is 24.6 Å². The Labute approximate surface area is 189 Å². The van der Waals surface area contributed by atoms with Crippen molar-refractivity contribution < 1.29 is 29.8 Å². The van der Waals surface area contributed by atoms with E-state index in [1.165, 1.54) is 0 Å². The number of fused-ring (bicyclic) bond motifs is 3. The van der Waals surface area contributed by atoms with Gasteiger partial charge in [-0.15, -0.1) is 0 Å². The molecule has 0 heterocycles. The summed E-state index contributed by atoms with van der Waals surface area (Å²) in [6.07, 6.45) is -3.97. The molecule has 170 valence electrons.